The maximum atomic E-state index is 3.62. The van der Waals surface area contributed by atoms with Crippen molar-refractivity contribution in [1.29, 1.82) is 0 Å². The van der Waals surface area contributed by atoms with E-state index in [1.54, 1.807) is 0 Å². The van der Waals surface area contributed by atoms with Gasteiger partial charge in [0.25, 0.3) is 0 Å². The second-order valence-electron chi connectivity index (χ2n) is 7.78. The molecule has 0 bridgehead atoms. The zero-order chi connectivity index (χ0) is 14.8. The number of likely N-dealkylation sites (N-methyl/N-ethyl adjacent to an activating group) is 1. The van der Waals surface area contributed by atoms with Gasteiger partial charge >= 0.3 is 0 Å². The Hall–Kier alpha value is -0.120. The van der Waals surface area contributed by atoms with Crippen LogP contribution in [-0.4, -0.2) is 61.7 Å². The Bertz CT molecular complexity index is 332. The number of piperidine rings is 2. The molecule has 0 spiro atoms. The van der Waals surface area contributed by atoms with Crippen LogP contribution < -0.4 is 5.32 Å². The predicted octanol–water partition coefficient (Wildman–Crippen LogP) is 2.57. The van der Waals surface area contributed by atoms with Crippen LogP contribution in [0.15, 0.2) is 0 Å². The van der Waals surface area contributed by atoms with Crippen molar-refractivity contribution < 1.29 is 0 Å². The lowest BCUT2D eigenvalue weighted by atomic mass is 9.77. The first kappa shape index (κ1) is 15.8. The first-order valence-electron chi connectivity index (χ1n) is 9.34. The van der Waals surface area contributed by atoms with E-state index in [0.717, 1.165) is 30.0 Å². The lowest BCUT2D eigenvalue weighted by Gasteiger charge is -2.51. The molecule has 0 aromatic carbocycles. The summed E-state index contributed by atoms with van der Waals surface area (Å²) >= 11 is 0. The van der Waals surface area contributed by atoms with Gasteiger partial charge in [0, 0.05) is 31.2 Å². The number of likely N-dealkylation sites (tertiary alicyclic amines) is 2. The standard InChI is InChI=1S/C18H35N3/c1-4-14-7-8-16(19-2)18(12-14)21-11-9-17-15(13-21)6-5-10-20(17)3/h14-19H,4-13H2,1-3H3. The molecule has 2 saturated heterocycles. The highest BCUT2D eigenvalue weighted by molar-refractivity contribution is 4.96. The summed E-state index contributed by atoms with van der Waals surface area (Å²) in [6.45, 7) is 6.38. The van der Waals surface area contributed by atoms with E-state index in [1.807, 2.05) is 0 Å². The molecule has 3 fully saturated rings. The van der Waals surface area contributed by atoms with Crippen LogP contribution >= 0.6 is 0 Å². The Morgan fingerprint density at radius 2 is 1.90 bits per heavy atom. The number of fused-ring (bicyclic) bond motifs is 1. The van der Waals surface area contributed by atoms with E-state index in [0.29, 0.717) is 0 Å². The monoisotopic (exact) mass is 293 g/mol. The van der Waals surface area contributed by atoms with Crippen molar-refractivity contribution in [3.8, 4) is 0 Å². The van der Waals surface area contributed by atoms with Crippen molar-refractivity contribution in [2.24, 2.45) is 11.8 Å². The van der Waals surface area contributed by atoms with Crippen molar-refractivity contribution in [2.75, 3.05) is 33.7 Å². The fourth-order valence-corrected chi connectivity index (χ4v) is 5.32. The van der Waals surface area contributed by atoms with Gasteiger partial charge in [-0.3, -0.25) is 4.90 Å². The van der Waals surface area contributed by atoms with E-state index in [4.69, 9.17) is 0 Å². The highest BCUT2D eigenvalue weighted by atomic mass is 15.2. The highest BCUT2D eigenvalue weighted by Gasteiger charge is 2.39. The third-order valence-electron chi connectivity index (χ3n) is 6.72. The summed E-state index contributed by atoms with van der Waals surface area (Å²) in [6, 6.07) is 2.39. The molecule has 2 heterocycles. The van der Waals surface area contributed by atoms with Gasteiger partial charge in [0.2, 0.25) is 0 Å². The lowest BCUT2D eigenvalue weighted by Crippen LogP contribution is -2.59. The SMILES string of the molecule is CCC1CCC(NC)C(N2CCC3C(CCCN3C)C2)C1. The molecule has 1 aliphatic carbocycles. The largest absolute Gasteiger partial charge is 0.315 e. The van der Waals surface area contributed by atoms with E-state index < -0.39 is 0 Å². The van der Waals surface area contributed by atoms with Crippen molar-refractivity contribution in [3.63, 3.8) is 0 Å². The molecule has 2 aliphatic heterocycles. The van der Waals surface area contributed by atoms with Crippen LogP contribution in [0.3, 0.4) is 0 Å². The number of hydrogen-bond acceptors (Lipinski definition) is 3. The third kappa shape index (κ3) is 3.30. The third-order valence-corrected chi connectivity index (χ3v) is 6.72. The van der Waals surface area contributed by atoms with Gasteiger partial charge in [0.05, 0.1) is 0 Å². The van der Waals surface area contributed by atoms with Gasteiger partial charge in [0.15, 0.2) is 0 Å². The van der Waals surface area contributed by atoms with Crippen LogP contribution in [0.4, 0.5) is 0 Å². The fourth-order valence-electron chi connectivity index (χ4n) is 5.32. The molecule has 122 valence electrons. The molecule has 21 heavy (non-hydrogen) atoms. The van der Waals surface area contributed by atoms with Crippen LogP contribution in [0, 0.1) is 11.8 Å². The van der Waals surface area contributed by atoms with Gasteiger partial charge in [0.1, 0.15) is 0 Å². The molecule has 1 N–H and O–H groups in total. The molecule has 0 aromatic heterocycles. The maximum absolute atomic E-state index is 3.62. The van der Waals surface area contributed by atoms with Gasteiger partial charge in [-0.25, -0.2) is 0 Å². The summed E-state index contributed by atoms with van der Waals surface area (Å²) in [7, 11) is 4.52. The second-order valence-corrected chi connectivity index (χ2v) is 7.78. The number of hydrogen-bond donors (Lipinski definition) is 1. The lowest BCUT2D eigenvalue weighted by molar-refractivity contribution is -0.00176. The molecule has 3 nitrogen and oxygen atoms in total. The van der Waals surface area contributed by atoms with E-state index >= 15 is 0 Å². The van der Waals surface area contributed by atoms with Crippen molar-refractivity contribution in [2.45, 2.75) is 70.0 Å². The Labute approximate surface area is 131 Å². The van der Waals surface area contributed by atoms with E-state index in [-0.39, 0.29) is 0 Å². The van der Waals surface area contributed by atoms with Crippen LogP contribution in [-0.2, 0) is 0 Å². The molecule has 3 rings (SSSR count). The van der Waals surface area contributed by atoms with Crippen LogP contribution in [0.2, 0.25) is 0 Å². The second kappa shape index (κ2) is 6.97. The first-order chi connectivity index (χ1) is 10.2. The maximum Gasteiger partial charge on any atom is 0.0251 e. The Morgan fingerprint density at radius 1 is 1.05 bits per heavy atom. The molecular formula is C18H35N3. The molecule has 0 radical (unpaired) electrons. The van der Waals surface area contributed by atoms with Gasteiger partial charge in [-0.1, -0.05) is 13.3 Å². The molecular weight excluding hydrogens is 258 g/mol. The number of rotatable bonds is 3. The van der Waals surface area contributed by atoms with Crippen LogP contribution in [0.5, 0.6) is 0 Å². The quantitative estimate of drug-likeness (QED) is 0.863. The van der Waals surface area contributed by atoms with Crippen LogP contribution in [0.1, 0.15) is 51.9 Å². The molecule has 1 saturated carbocycles. The topological polar surface area (TPSA) is 18.5 Å². The van der Waals surface area contributed by atoms with E-state index in [9.17, 15) is 0 Å². The summed E-state index contributed by atoms with van der Waals surface area (Å²) in [5.74, 6) is 1.89. The van der Waals surface area contributed by atoms with Crippen molar-refractivity contribution >= 4 is 0 Å². The summed E-state index contributed by atoms with van der Waals surface area (Å²) < 4.78 is 0. The minimum Gasteiger partial charge on any atom is -0.315 e. The number of nitrogens with zero attached hydrogens (tertiary/aromatic N) is 2. The molecule has 0 aromatic rings. The zero-order valence-corrected chi connectivity index (χ0v) is 14.4. The average Bonchev–Trinajstić information content (AvgIpc) is 2.54. The normalized spacial score (nSPS) is 42.7. The predicted molar refractivity (Wildman–Crippen MR) is 89.6 cm³/mol. The molecule has 5 unspecified atom stereocenters. The molecule has 0 amide bonds. The van der Waals surface area contributed by atoms with Gasteiger partial charge in [-0.2, -0.15) is 0 Å². The van der Waals surface area contributed by atoms with Gasteiger partial charge < -0.3 is 10.2 Å². The Balaban J connectivity index is 1.65. The Morgan fingerprint density at radius 3 is 2.67 bits per heavy atom. The Kier molecular flexibility index (Phi) is 5.23. The fraction of sp³-hybridized carbons (Fsp3) is 1.00. The smallest absolute Gasteiger partial charge is 0.0251 e. The zero-order valence-electron chi connectivity index (χ0n) is 14.4. The molecule has 3 aliphatic rings. The van der Waals surface area contributed by atoms with E-state index in [1.165, 1.54) is 64.6 Å². The summed E-state index contributed by atoms with van der Waals surface area (Å²) in [5, 5.41) is 3.62. The van der Waals surface area contributed by atoms with Crippen LogP contribution in [0.25, 0.3) is 0 Å². The van der Waals surface area contributed by atoms with Gasteiger partial charge in [-0.05, 0) is 71.0 Å². The highest BCUT2D eigenvalue weighted by Crippen LogP contribution is 2.35. The first-order valence-corrected chi connectivity index (χ1v) is 9.34. The molecule has 3 heteroatoms. The minimum atomic E-state index is 0.727. The van der Waals surface area contributed by atoms with Crippen molar-refractivity contribution in [1.82, 2.24) is 15.1 Å². The van der Waals surface area contributed by atoms with E-state index in [2.05, 4.69) is 36.1 Å². The number of nitrogens with one attached hydrogen (secondary N) is 1. The summed E-state index contributed by atoms with van der Waals surface area (Å²) in [4.78, 5) is 5.50. The average molecular weight is 293 g/mol. The minimum absolute atomic E-state index is 0.727. The molecule has 5 atom stereocenters. The summed E-state index contributed by atoms with van der Waals surface area (Å²) in [5.41, 5.74) is 0. The summed E-state index contributed by atoms with van der Waals surface area (Å²) in [6.07, 6.45) is 9.86. The van der Waals surface area contributed by atoms with Crippen molar-refractivity contribution in [3.05, 3.63) is 0 Å². The van der Waals surface area contributed by atoms with Gasteiger partial charge in [-0.15, -0.1) is 0 Å².